The maximum absolute atomic E-state index is 12.0. The third kappa shape index (κ3) is 3.25. The third-order valence-electron chi connectivity index (χ3n) is 3.50. The van der Waals surface area contributed by atoms with Crippen LogP contribution in [-0.2, 0) is 11.2 Å². The number of amides is 1. The second-order valence-electron chi connectivity index (χ2n) is 5.07. The van der Waals surface area contributed by atoms with Crippen molar-refractivity contribution in [2.75, 3.05) is 12.4 Å². The Kier molecular flexibility index (Phi) is 4.05. The van der Waals surface area contributed by atoms with Gasteiger partial charge in [-0.15, -0.1) is 0 Å². The average molecular weight is 295 g/mol. The maximum atomic E-state index is 12.0. The number of nitrogens with zero attached hydrogens (tertiary/aromatic N) is 1. The van der Waals surface area contributed by atoms with Crippen molar-refractivity contribution in [1.29, 1.82) is 0 Å². The lowest BCUT2D eigenvalue weighted by Gasteiger charge is -2.06. The number of H-pyrrole nitrogens is 1. The number of anilines is 1. The van der Waals surface area contributed by atoms with Crippen molar-refractivity contribution in [3.05, 3.63) is 54.2 Å². The van der Waals surface area contributed by atoms with E-state index >= 15 is 0 Å². The molecule has 0 aliphatic rings. The fourth-order valence-electron chi connectivity index (χ4n) is 2.33. The molecular weight excluding hydrogens is 278 g/mol. The SMILES string of the molecule is COc1cccc(CCC(=O)Nc2ccc3[nH]ncc3c2)c1. The molecule has 5 heteroatoms. The summed E-state index contributed by atoms with van der Waals surface area (Å²) in [5, 5.41) is 10.7. The van der Waals surface area contributed by atoms with Crippen LogP contribution in [0.25, 0.3) is 10.9 Å². The van der Waals surface area contributed by atoms with Gasteiger partial charge in [0.15, 0.2) is 0 Å². The van der Waals surface area contributed by atoms with Crippen molar-refractivity contribution >= 4 is 22.5 Å². The number of benzene rings is 2. The van der Waals surface area contributed by atoms with E-state index in [4.69, 9.17) is 4.74 Å². The summed E-state index contributed by atoms with van der Waals surface area (Å²) < 4.78 is 5.18. The molecule has 3 rings (SSSR count). The van der Waals surface area contributed by atoms with Gasteiger partial charge < -0.3 is 10.1 Å². The Morgan fingerprint density at radius 3 is 3.05 bits per heavy atom. The van der Waals surface area contributed by atoms with Crippen molar-refractivity contribution in [2.24, 2.45) is 0 Å². The van der Waals surface area contributed by atoms with Crippen LogP contribution in [0, 0.1) is 0 Å². The highest BCUT2D eigenvalue weighted by Crippen LogP contribution is 2.18. The fourth-order valence-corrected chi connectivity index (χ4v) is 2.33. The maximum Gasteiger partial charge on any atom is 0.224 e. The van der Waals surface area contributed by atoms with Gasteiger partial charge in [0.25, 0.3) is 0 Å². The number of hydrogen-bond acceptors (Lipinski definition) is 3. The zero-order valence-electron chi connectivity index (χ0n) is 12.3. The molecule has 0 spiro atoms. The Bertz CT molecular complexity index is 795. The minimum Gasteiger partial charge on any atom is -0.497 e. The molecule has 0 aliphatic carbocycles. The minimum atomic E-state index is -0.00864. The van der Waals surface area contributed by atoms with E-state index < -0.39 is 0 Å². The minimum absolute atomic E-state index is 0.00864. The first-order valence-corrected chi connectivity index (χ1v) is 7.10. The molecule has 2 N–H and O–H groups in total. The molecule has 0 aliphatic heterocycles. The van der Waals surface area contributed by atoms with Crippen LogP contribution in [0.5, 0.6) is 5.75 Å². The van der Waals surface area contributed by atoms with E-state index in [2.05, 4.69) is 15.5 Å². The number of ether oxygens (including phenoxy) is 1. The number of carbonyl (C=O) groups excluding carboxylic acids is 1. The molecule has 112 valence electrons. The number of aryl methyl sites for hydroxylation is 1. The van der Waals surface area contributed by atoms with Crippen LogP contribution >= 0.6 is 0 Å². The van der Waals surface area contributed by atoms with Crippen molar-refractivity contribution in [3.63, 3.8) is 0 Å². The highest BCUT2D eigenvalue weighted by atomic mass is 16.5. The number of hydrogen-bond donors (Lipinski definition) is 2. The van der Waals surface area contributed by atoms with Crippen molar-refractivity contribution in [2.45, 2.75) is 12.8 Å². The fraction of sp³-hybridized carbons (Fsp3) is 0.176. The van der Waals surface area contributed by atoms with E-state index in [9.17, 15) is 4.79 Å². The van der Waals surface area contributed by atoms with E-state index in [1.54, 1.807) is 13.3 Å². The number of methoxy groups -OCH3 is 1. The average Bonchev–Trinajstić information content (AvgIpc) is 3.01. The van der Waals surface area contributed by atoms with Gasteiger partial charge >= 0.3 is 0 Å². The summed E-state index contributed by atoms with van der Waals surface area (Å²) in [4.78, 5) is 12.0. The van der Waals surface area contributed by atoms with Crippen molar-refractivity contribution < 1.29 is 9.53 Å². The first kappa shape index (κ1) is 14.1. The summed E-state index contributed by atoms with van der Waals surface area (Å²) >= 11 is 0. The third-order valence-corrected chi connectivity index (χ3v) is 3.50. The van der Waals surface area contributed by atoms with E-state index in [0.29, 0.717) is 12.8 Å². The van der Waals surface area contributed by atoms with Crippen molar-refractivity contribution in [1.82, 2.24) is 10.2 Å². The van der Waals surface area contributed by atoms with Gasteiger partial charge in [0.2, 0.25) is 5.91 Å². The van der Waals surface area contributed by atoms with Crippen LogP contribution in [0.1, 0.15) is 12.0 Å². The molecule has 0 unspecified atom stereocenters. The summed E-state index contributed by atoms with van der Waals surface area (Å²) in [5.74, 6) is 0.800. The zero-order chi connectivity index (χ0) is 15.4. The van der Waals surface area contributed by atoms with Gasteiger partial charge in [-0.3, -0.25) is 9.89 Å². The number of nitrogens with one attached hydrogen (secondary N) is 2. The number of aromatic amines is 1. The molecule has 22 heavy (non-hydrogen) atoms. The molecule has 0 atom stereocenters. The standard InChI is InChI=1S/C17H17N3O2/c1-22-15-4-2-3-12(9-15)5-8-17(21)19-14-6-7-16-13(10-14)11-18-20-16/h2-4,6-7,9-11H,5,8H2,1H3,(H,18,20)(H,19,21). The molecule has 2 aromatic carbocycles. The lowest BCUT2D eigenvalue weighted by atomic mass is 10.1. The number of rotatable bonds is 5. The predicted molar refractivity (Wildman–Crippen MR) is 86.0 cm³/mol. The molecule has 1 heterocycles. The Morgan fingerprint density at radius 2 is 2.18 bits per heavy atom. The normalized spacial score (nSPS) is 10.6. The van der Waals surface area contributed by atoms with Gasteiger partial charge in [-0.1, -0.05) is 12.1 Å². The Balaban J connectivity index is 1.59. The molecule has 0 radical (unpaired) electrons. The van der Waals surface area contributed by atoms with E-state index in [1.807, 2.05) is 42.5 Å². The van der Waals surface area contributed by atoms with Crippen LogP contribution in [0.3, 0.4) is 0 Å². The molecule has 0 saturated carbocycles. The smallest absolute Gasteiger partial charge is 0.224 e. The van der Waals surface area contributed by atoms with Gasteiger partial charge in [-0.05, 0) is 42.3 Å². The number of aromatic nitrogens is 2. The molecule has 3 aromatic rings. The molecular formula is C17H17N3O2. The summed E-state index contributed by atoms with van der Waals surface area (Å²) in [7, 11) is 1.64. The lowest BCUT2D eigenvalue weighted by molar-refractivity contribution is -0.116. The highest BCUT2D eigenvalue weighted by molar-refractivity contribution is 5.93. The monoisotopic (exact) mass is 295 g/mol. The molecule has 1 amide bonds. The van der Waals surface area contributed by atoms with E-state index in [0.717, 1.165) is 27.9 Å². The molecule has 1 aromatic heterocycles. The Hall–Kier alpha value is -2.82. The molecule has 0 fully saturated rings. The van der Waals surface area contributed by atoms with Crippen LogP contribution < -0.4 is 10.1 Å². The number of carbonyl (C=O) groups is 1. The summed E-state index contributed by atoms with van der Waals surface area (Å²) in [6.45, 7) is 0. The second-order valence-corrected chi connectivity index (χ2v) is 5.07. The summed E-state index contributed by atoms with van der Waals surface area (Å²) in [6.07, 6.45) is 2.84. The first-order valence-electron chi connectivity index (χ1n) is 7.10. The van der Waals surface area contributed by atoms with Crippen LogP contribution in [0.15, 0.2) is 48.7 Å². The molecule has 0 saturated heterocycles. The van der Waals surface area contributed by atoms with Crippen LogP contribution in [0.4, 0.5) is 5.69 Å². The second kappa shape index (κ2) is 6.30. The van der Waals surface area contributed by atoms with E-state index in [1.165, 1.54) is 0 Å². The van der Waals surface area contributed by atoms with E-state index in [-0.39, 0.29) is 5.91 Å². The van der Waals surface area contributed by atoms with Gasteiger partial charge in [0, 0.05) is 17.5 Å². The first-order chi connectivity index (χ1) is 10.7. The Labute approximate surface area is 128 Å². The lowest BCUT2D eigenvalue weighted by Crippen LogP contribution is -2.12. The highest BCUT2D eigenvalue weighted by Gasteiger charge is 2.05. The van der Waals surface area contributed by atoms with Crippen molar-refractivity contribution in [3.8, 4) is 5.75 Å². The van der Waals surface area contributed by atoms with Gasteiger partial charge in [-0.2, -0.15) is 5.10 Å². The predicted octanol–water partition coefficient (Wildman–Crippen LogP) is 3.14. The largest absolute Gasteiger partial charge is 0.497 e. The number of fused-ring (bicyclic) bond motifs is 1. The van der Waals surface area contributed by atoms with Gasteiger partial charge in [0.1, 0.15) is 5.75 Å². The Morgan fingerprint density at radius 1 is 1.27 bits per heavy atom. The zero-order valence-corrected chi connectivity index (χ0v) is 12.3. The van der Waals surface area contributed by atoms with Gasteiger partial charge in [-0.25, -0.2) is 0 Å². The molecule has 5 nitrogen and oxygen atoms in total. The van der Waals surface area contributed by atoms with Crippen LogP contribution in [-0.4, -0.2) is 23.2 Å². The van der Waals surface area contributed by atoms with Gasteiger partial charge in [0.05, 0.1) is 18.8 Å². The summed E-state index contributed by atoms with van der Waals surface area (Å²) in [5.41, 5.74) is 2.82. The van der Waals surface area contributed by atoms with Crippen LogP contribution in [0.2, 0.25) is 0 Å². The molecule has 0 bridgehead atoms. The topological polar surface area (TPSA) is 67.0 Å². The summed E-state index contributed by atoms with van der Waals surface area (Å²) in [6, 6.07) is 13.4. The quantitative estimate of drug-likeness (QED) is 0.760.